The number of ether oxygens (including phenoxy) is 1. The second-order valence-corrected chi connectivity index (χ2v) is 8.70. The summed E-state index contributed by atoms with van der Waals surface area (Å²) < 4.78 is 5.21. The lowest BCUT2D eigenvalue weighted by Crippen LogP contribution is -2.51. The Bertz CT molecular complexity index is 1030. The third-order valence-corrected chi connectivity index (χ3v) is 5.80. The number of rotatable bonds is 11. The number of amides is 2. The number of benzene rings is 3. The van der Waals surface area contributed by atoms with Crippen molar-refractivity contribution in [2.75, 3.05) is 13.7 Å². The number of nitrogens with one attached hydrogen (secondary N) is 1. The van der Waals surface area contributed by atoms with Crippen molar-refractivity contribution in [3.8, 4) is 5.75 Å². The average molecular weight is 459 g/mol. The van der Waals surface area contributed by atoms with Gasteiger partial charge in [-0.05, 0) is 35.2 Å². The van der Waals surface area contributed by atoms with Crippen molar-refractivity contribution in [2.45, 2.75) is 39.3 Å². The first-order valence-corrected chi connectivity index (χ1v) is 11.8. The fourth-order valence-corrected chi connectivity index (χ4v) is 3.88. The molecule has 1 N–H and O–H groups in total. The molecule has 0 bridgehead atoms. The first-order chi connectivity index (χ1) is 16.5. The molecule has 3 aromatic rings. The van der Waals surface area contributed by atoms with Gasteiger partial charge in [-0.2, -0.15) is 0 Å². The standard InChI is InChI=1S/C29H34N2O3/c1-22(2)29(33)31(21-25-12-8-5-9-13-25)27(20-24-10-6-4-7-11-24)28(32)30-19-18-23-14-16-26(34-3)17-15-23/h4-17,22,27H,18-21H2,1-3H3,(H,30,32)/t27-/m1/s1. The maximum atomic E-state index is 13.5. The maximum absolute atomic E-state index is 13.5. The monoisotopic (exact) mass is 458 g/mol. The zero-order valence-corrected chi connectivity index (χ0v) is 20.2. The summed E-state index contributed by atoms with van der Waals surface area (Å²) in [6, 6.07) is 26.9. The summed E-state index contributed by atoms with van der Waals surface area (Å²) in [5.74, 6) is 0.422. The highest BCUT2D eigenvalue weighted by atomic mass is 16.5. The lowest BCUT2D eigenvalue weighted by Gasteiger charge is -2.32. The van der Waals surface area contributed by atoms with E-state index in [1.165, 1.54) is 0 Å². The third kappa shape index (κ3) is 7.20. The van der Waals surface area contributed by atoms with Crippen LogP contribution in [0.3, 0.4) is 0 Å². The van der Waals surface area contributed by atoms with Gasteiger partial charge in [0.1, 0.15) is 11.8 Å². The van der Waals surface area contributed by atoms with E-state index in [1.807, 2.05) is 98.8 Å². The van der Waals surface area contributed by atoms with Crippen molar-refractivity contribution in [3.63, 3.8) is 0 Å². The molecule has 5 heteroatoms. The predicted octanol–water partition coefficient (Wildman–Crippen LogP) is 4.65. The van der Waals surface area contributed by atoms with Crippen LogP contribution in [0.5, 0.6) is 5.75 Å². The van der Waals surface area contributed by atoms with Gasteiger partial charge in [0, 0.05) is 25.4 Å². The Hall–Kier alpha value is -3.60. The molecule has 0 aliphatic heterocycles. The van der Waals surface area contributed by atoms with Gasteiger partial charge >= 0.3 is 0 Å². The highest BCUT2D eigenvalue weighted by Gasteiger charge is 2.31. The van der Waals surface area contributed by atoms with Gasteiger partial charge in [-0.25, -0.2) is 0 Å². The van der Waals surface area contributed by atoms with E-state index in [0.717, 1.165) is 22.4 Å². The lowest BCUT2D eigenvalue weighted by atomic mass is 10.0. The normalized spacial score (nSPS) is 11.6. The number of hydrogen-bond acceptors (Lipinski definition) is 3. The predicted molar refractivity (Wildman–Crippen MR) is 135 cm³/mol. The molecule has 1 atom stereocenters. The second kappa shape index (κ2) is 12.6. The molecule has 0 heterocycles. The topological polar surface area (TPSA) is 58.6 Å². The summed E-state index contributed by atoms with van der Waals surface area (Å²) in [5, 5.41) is 3.08. The van der Waals surface area contributed by atoms with Gasteiger partial charge in [0.15, 0.2) is 0 Å². The van der Waals surface area contributed by atoms with Crippen LogP contribution >= 0.6 is 0 Å². The van der Waals surface area contributed by atoms with Crippen molar-refractivity contribution in [1.82, 2.24) is 10.2 Å². The van der Waals surface area contributed by atoms with Crippen LogP contribution in [0.25, 0.3) is 0 Å². The number of hydrogen-bond donors (Lipinski definition) is 1. The van der Waals surface area contributed by atoms with Crippen LogP contribution in [0.15, 0.2) is 84.9 Å². The minimum atomic E-state index is -0.603. The summed E-state index contributed by atoms with van der Waals surface area (Å²) in [4.78, 5) is 28.5. The molecule has 0 aliphatic carbocycles. The molecular formula is C29H34N2O3. The van der Waals surface area contributed by atoms with E-state index in [4.69, 9.17) is 4.74 Å². The molecule has 2 amide bonds. The Balaban J connectivity index is 1.79. The maximum Gasteiger partial charge on any atom is 0.243 e. The van der Waals surface area contributed by atoms with E-state index in [0.29, 0.717) is 25.9 Å². The Morgan fingerprint density at radius 2 is 1.41 bits per heavy atom. The van der Waals surface area contributed by atoms with Crippen LogP contribution in [0.4, 0.5) is 0 Å². The molecule has 0 saturated heterocycles. The zero-order valence-electron chi connectivity index (χ0n) is 20.2. The minimum Gasteiger partial charge on any atom is -0.497 e. The largest absolute Gasteiger partial charge is 0.497 e. The first-order valence-electron chi connectivity index (χ1n) is 11.8. The molecule has 0 aliphatic rings. The third-order valence-electron chi connectivity index (χ3n) is 5.80. The molecular weight excluding hydrogens is 424 g/mol. The molecule has 0 saturated carbocycles. The van der Waals surface area contributed by atoms with Crippen molar-refractivity contribution >= 4 is 11.8 Å². The molecule has 3 aromatic carbocycles. The highest BCUT2D eigenvalue weighted by molar-refractivity contribution is 5.88. The minimum absolute atomic E-state index is 0.0323. The molecule has 178 valence electrons. The molecule has 3 rings (SSSR count). The van der Waals surface area contributed by atoms with Gasteiger partial charge < -0.3 is 15.0 Å². The summed E-state index contributed by atoms with van der Waals surface area (Å²) >= 11 is 0. The van der Waals surface area contributed by atoms with Gasteiger partial charge in [0.2, 0.25) is 11.8 Å². The molecule has 0 fully saturated rings. The van der Waals surface area contributed by atoms with Gasteiger partial charge in [-0.15, -0.1) is 0 Å². The molecule has 0 spiro atoms. The number of nitrogens with zero attached hydrogens (tertiary/aromatic N) is 1. The van der Waals surface area contributed by atoms with E-state index < -0.39 is 6.04 Å². The van der Waals surface area contributed by atoms with Gasteiger partial charge in [-0.3, -0.25) is 9.59 Å². The van der Waals surface area contributed by atoms with Crippen molar-refractivity contribution < 1.29 is 14.3 Å². The molecule has 34 heavy (non-hydrogen) atoms. The SMILES string of the molecule is COc1ccc(CCNC(=O)[C@@H](Cc2ccccc2)N(Cc2ccccc2)C(=O)C(C)C)cc1. The first kappa shape index (κ1) is 25.0. The van der Waals surface area contributed by atoms with Gasteiger partial charge in [0.25, 0.3) is 0 Å². The number of methoxy groups -OCH3 is 1. The van der Waals surface area contributed by atoms with E-state index >= 15 is 0 Å². The Morgan fingerprint density at radius 1 is 0.824 bits per heavy atom. The van der Waals surface area contributed by atoms with Crippen molar-refractivity contribution in [2.24, 2.45) is 5.92 Å². The van der Waals surface area contributed by atoms with Crippen molar-refractivity contribution in [1.29, 1.82) is 0 Å². The fraction of sp³-hybridized carbons (Fsp3) is 0.310. The lowest BCUT2D eigenvalue weighted by molar-refractivity contribution is -0.143. The van der Waals surface area contributed by atoms with Crippen LogP contribution in [0, 0.1) is 5.92 Å². The van der Waals surface area contributed by atoms with Crippen LogP contribution < -0.4 is 10.1 Å². The van der Waals surface area contributed by atoms with Crippen LogP contribution in [-0.2, 0) is 29.0 Å². The van der Waals surface area contributed by atoms with Crippen LogP contribution in [0.2, 0.25) is 0 Å². The Morgan fingerprint density at radius 3 is 1.97 bits per heavy atom. The zero-order chi connectivity index (χ0) is 24.3. The summed E-state index contributed by atoms with van der Waals surface area (Å²) in [6.07, 6.45) is 1.16. The fourth-order valence-electron chi connectivity index (χ4n) is 3.88. The quantitative estimate of drug-likeness (QED) is 0.455. The average Bonchev–Trinajstić information content (AvgIpc) is 2.87. The molecule has 0 radical (unpaired) electrons. The van der Waals surface area contributed by atoms with Gasteiger partial charge in [-0.1, -0.05) is 86.6 Å². The van der Waals surface area contributed by atoms with E-state index in [1.54, 1.807) is 12.0 Å². The summed E-state index contributed by atoms with van der Waals surface area (Å²) in [6.45, 7) is 4.63. The highest BCUT2D eigenvalue weighted by Crippen LogP contribution is 2.17. The summed E-state index contributed by atoms with van der Waals surface area (Å²) in [7, 11) is 1.64. The Kier molecular flexibility index (Phi) is 9.27. The Labute approximate surface area is 202 Å². The van der Waals surface area contributed by atoms with Gasteiger partial charge in [0.05, 0.1) is 7.11 Å². The molecule has 0 unspecified atom stereocenters. The smallest absolute Gasteiger partial charge is 0.243 e. The van der Waals surface area contributed by atoms with Crippen LogP contribution in [-0.4, -0.2) is 36.4 Å². The van der Waals surface area contributed by atoms with Crippen LogP contribution in [0.1, 0.15) is 30.5 Å². The second-order valence-electron chi connectivity index (χ2n) is 8.70. The van der Waals surface area contributed by atoms with Crippen molar-refractivity contribution in [3.05, 3.63) is 102 Å². The number of carbonyl (C=O) groups is 2. The van der Waals surface area contributed by atoms with E-state index in [2.05, 4.69) is 5.32 Å². The number of carbonyl (C=O) groups excluding carboxylic acids is 2. The van der Waals surface area contributed by atoms with E-state index in [9.17, 15) is 9.59 Å². The van der Waals surface area contributed by atoms with E-state index in [-0.39, 0.29) is 17.7 Å². The molecule has 5 nitrogen and oxygen atoms in total. The summed E-state index contributed by atoms with van der Waals surface area (Å²) in [5.41, 5.74) is 3.13. The molecule has 0 aromatic heterocycles.